The molecule has 1 amide bonds. The van der Waals surface area contributed by atoms with Gasteiger partial charge in [-0.1, -0.05) is 41.8 Å². The molecule has 10 heteroatoms. The van der Waals surface area contributed by atoms with Gasteiger partial charge in [-0.3, -0.25) is 5.43 Å². The van der Waals surface area contributed by atoms with E-state index in [4.69, 9.17) is 37.8 Å². The number of rotatable bonds is 5. The van der Waals surface area contributed by atoms with E-state index >= 15 is 0 Å². The van der Waals surface area contributed by atoms with Gasteiger partial charge >= 0.3 is 6.09 Å². The van der Waals surface area contributed by atoms with Crippen molar-refractivity contribution in [3.05, 3.63) is 69.3 Å². The summed E-state index contributed by atoms with van der Waals surface area (Å²) in [6, 6.07) is 13.0. The Morgan fingerprint density at radius 2 is 1.86 bits per heavy atom. The van der Waals surface area contributed by atoms with Crippen LogP contribution in [0.2, 0.25) is 10.0 Å². The number of benzene rings is 2. The SMILES string of the molecule is COc1ccc(/C=C2\CNCc3c(OC(=O)NN4CCCCC4)nn(-c4ccc(Cl)cc4Cl)c32)cc1. The number of aromatic nitrogens is 2. The lowest BCUT2D eigenvalue weighted by atomic mass is 10.0. The topological polar surface area (TPSA) is 80.7 Å². The third-order valence-corrected chi connectivity index (χ3v) is 6.80. The number of ether oxygens (including phenoxy) is 2. The number of amides is 1. The van der Waals surface area contributed by atoms with E-state index in [1.807, 2.05) is 35.3 Å². The predicted octanol–water partition coefficient (Wildman–Crippen LogP) is 5.32. The fourth-order valence-corrected chi connectivity index (χ4v) is 4.99. The molecule has 5 rings (SSSR count). The molecule has 2 aliphatic heterocycles. The van der Waals surface area contributed by atoms with E-state index in [-0.39, 0.29) is 5.88 Å². The first-order chi connectivity index (χ1) is 17.5. The first-order valence-corrected chi connectivity index (χ1v) is 12.6. The van der Waals surface area contributed by atoms with Gasteiger partial charge in [-0.25, -0.2) is 14.5 Å². The predicted molar refractivity (Wildman–Crippen MR) is 141 cm³/mol. The maximum atomic E-state index is 12.7. The van der Waals surface area contributed by atoms with Crippen LogP contribution in [0.5, 0.6) is 11.6 Å². The zero-order valence-corrected chi connectivity index (χ0v) is 21.4. The van der Waals surface area contributed by atoms with Crippen molar-refractivity contribution >= 4 is 40.9 Å². The molecule has 3 aromatic rings. The number of carbonyl (C=O) groups is 1. The first-order valence-electron chi connectivity index (χ1n) is 11.9. The second-order valence-corrected chi connectivity index (χ2v) is 9.58. The molecule has 3 heterocycles. The summed E-state index contributed by atoms with van der Waals surface area (Å²) in [6.45, 7) is 2.71. The van der Waals surface area contributed by atoms with E-state index in [0.717, 1.165) is 54.1 Å². The molecule has 1 aromatic heterocycles. The van der Waals surface area contributed by atoms with E-state index in [2.05, 4.69) is 16.8 Å². The number of halogens is 2. The van der Waals surface area contributed by atoms with Gasteiger partial charge in [-0.2, -0.15) is 0 Å². The smallest absolute Gasteiger partial charge is 0.428 e. The minimum Gasteiger partial charge on any atom is -0.497 e. The molecule has 2 N–H and O–H groups in total. The zero-order chi connectivity index (χ0) is 25.1. The lowest BCUT2D eigenvalue weighted by Crippen LogP contribution is -2.46. The van der Waals surface area contributed by atoms with Crippen LogP contribution in [0.15, 0.2) is 42.5 Å². The van der Waals surface area contributed by atoms with Crippen molar-refractivity contribution in [1.82, 2.24) is 25.5 Å². The summed E-state index contributed by atoms with van der Waals surface area (Å²) in [5.41, 5.74) is 7.07. The summed E-state index contributed by atoms with van der Waals surface area (Å²) < 4.78 is 12.7. The molecule has 0 bridgehead atoms. The molecule has 0 aliphatic carbocycles. The fraction of sp³-hybridized carbons (Fsp3) is 0.308. The summed E-state index contributed by atoms with van der Waals surface area (Å²) in [5.74, 6) is 1.02. The number of nitrogens with zero attached hydrogens (tertiary/aromatic N) is 3. The zero-order valence-electron chi connectivity index (χ0n) is 19.9. The summed E-state index contributed by atoms with van der Waals surface area (Å²) >= 11 is 12.7. The van der Waals surface area contributed by atoms with Crippen molar-refractivity contribution in [1.29, 1.82) is 0 Å². The molecule has 0 radical (unpaired) electrons. The van der Waals surface area contributed by atoms with Crippen LogP contribution in [0, 0.1) is 0 Å². The molecule has 2 aromatic carbocycles. The first kappa shape index (κ1) is 24.6. The Hall–Kier alpha value is -3.04. The maximum absolute atomic E-state index is 12.7. The van der Waals surface area contributed by atoms with Gasteiger partial charge in [0.2, 0.25) is 5.88 Å². The third-order valence-electron chi connectivity index (χ3n) is 6.26. The molecule has 1 saturated heterocycles. The maximum Gasteiger partial charge on any atom is 0.428 e. The van der Waals surface area contributed by atoms with Crippen molar-refractivity contribution in [2.24, 2.45) is 0 Å². The minimum absolute atomic E-state index is 0.235. The van der Waals surface area contributed by atoms with Crippen LogP contribution in [-0.2, 0) is 6.54 Å². The van der Waals surface area contributed by atoms with Crippen LogP contribution in [-0.4, -0.2) is 47.6 Å². The van der Waals surface area contributed by atoms with Crippen molar-refractivity contribution < 1.29 is 14.3 Å². The van der Waals surface area contributed by atoms with Crippen LogP contribution >= 0.6 is 23.2 Å². The Morgan fingerprint density at radius 1 is 1.08 bits per heavy atom. The number of hydrazine groups is 1. The van der Waals surface area contributed by atoms with Crippen molar-refractivity contribution in [2.45, 2.75) is 25.8 Å². The van der Waals surface area contributed by atoms with Crippen LogP contribution in [0.3, 0.4) is 0 Å². The molecule has 36 heavy (non-hydrogen) atoms. The normalized spacial score (nSPS) is 17.0. The largest absolute Gasteiger partial charge is 0.497 e. The second kappa shape index (κ2) is 10.9. The minimum atomic E-state index is -0.558. The molecular formula is C26H27Cl2N5O3. The number of hydrogen-bond donors (Lipinski definition) is 2. The molecule has 8 nitrogen and oxygen atoms in total. The van der Waals surface area contributed by atoms with Gasteiger partial charge in [0.05, 0.1) is 29.1 Å². The van der Waals surface area contributed by atoms with Crippen LogP contribution in [0.25, 0.3) is 17.3 Å². The van der Waals surface area contributed by atoms with E-state index in [9.17, 15) is 4.79 Å². The van der Waals surface area contributed by atoms with Gasteiger partial charge in [0, 0.05) is 31.2 Å². The Kier molecular flexibility index (Phi) is 7.48. The monoisotopic (exact) mass is 527 g/mol. The van der Waals surface area contributed by atoms with E-state index in [1.165, 1.54) is 6.42 Å². The molecule has 188 valence electrons. The van der Waals surface area contributed by atoms with Crippen molar-refractivity contribution in [2.75, 3.05) is 26.7 Å². The van der Waals surface area contributed by atoms with Crippen LogP contribution in [0.1, 0.15) is 36.1 Å². The lowest BCUT2D eigenvalue weighted by Gasteiger charge is -2.26. The third kappa shape index (κ3) is 5.37. The molecule has 0 spiro atoms. The van der Waals surface area contributed by atoms with Gasteiger partial charge in [0.1, 0.15) is 5.75 Å². The Balaban J connectivity index is 1.54. The Bertz CT molecular complexity index is 1280. The molecule has 2 aliphatic rings. The van der Waals surface area contributed by atoms with E-state index in [0.29, 0.717) is 28.8 Å². The number of hydrogen-bond acceptors (Lipinski definition) is 6. The van der Waals surface area contributed by atoms with Gasteiger partial charge in [0.15, 0.2) is 0 Å². The standard InChI is InChI=1S/C26H27Cl2N5O3/c1-35-20-8-5-17(6-9-20)13-18-15-29-16-21-24(18)33(23-10-7-19(27)14-22(23)28)30-25(21)36-26(34)31-32-11-3-2-4-12-32/h5-10,13-14,29H,2-4,11-12,15-16H2,1H3,(H,31,34)/b18-13+. The number of carbonyl (C=O) groups excluding carboxylic acids is 1. The number of nitrogens with one attached hydrogen (secondary N) is 2. The van der Waals surface area contributed by atoms with Gasteiger partial charge < -0.3 is 14.8 Å². The summed E-state index contributed by atoms with van der Waals surface area (Å²) in [7, 11) is 1.64. The van der Waals surface area contributed by atoms with Gasteiger partial charge in [-0.05, 0) is 60.4 Å². The Morgan fingerprint density at radius 3 is 2.58 bits per heavy atom. The van der Waals surface area contributed by atoms with E-state index < -0.39 is 6.09 Å². The van der Waals surface area contributed by atoms with Crippen molar-refractivity contribution in [3.8, 4) is 17.3 Å². The summed E-state index contributed by atoms with van der Waals surface area (Å²) in [4.78, 5) is 12.7. The van der Waals surface area contributed by atoms with Crippen LogP contribution in [0.4, 0.5) is 4.79 Å². The number of fused-ring (bicyclic) bond motifs is 1. The lowest BCUT2D eigenvalue weighted by molar-refractivity contribution is 0.127. The highest BCUT2D eigenvalue weighted by atomic mass is 35.5. The number of methoxy groups -OCH3 is 1. The highest BCUT2D eigenvalue weighted by Crippen LogP contribution is 2.36. The molecule has 0 saturated carbocycles. The highest BCUT2D eigenvalue weighted by Gasteiger charge is 2.28. The second-order valence-electron chi connectivity index (χ2n) is 8.74. The van der Waals surface area contributed by atoms with E-state index in [1.54, 1.807) is 23.9 Å². The average molecular weight is 528 g/mol. The van der Waals surface area contributed by atoms with Gasteiger partial charge in [0.25, 0.3) is 0 Å². The molecular weight excluding hydrogens is 501 g/mol. The quantitative estimate of drug-likeness (QED) is 0.467. The summed E-state index contributed by atoms with van der Waals surface area (Å²) in [6.07, 6.45) is 4.77. The van der Waals surface area contributed by atoms with Crippen LogP contribution < -0.4 is 20.2 Å². The highest BCUT2D eigenvalue weighted by molar-refractivity contribution is 6.35. The molecule has 0 atom stereocenters. The Labute approximate surface area is 219 Å². The van der Waals surface area contributed by atoms with Gasteiger partial charge in [-0.15, -0.1) is 5.10 Å². The van der Waals surface area contributed by atoms with Crippen molar-refractivity contribution in [3.63, 3.8) is 0 Å². The molecule has 1 fully saturated rings. The summed E-state index contributed by atoms with van der Waals surface area (Å²) in [5, 5.41) is 10.9. The fourth-order valence-electron chi connectivity index (χ4n) is 4.50. The average Bonchev–Trinajstić information content (AvgIpc) is 3.24. The molecule has 0 unspecified atom stereocenters. The number of piperidine rings is 1.